The van der Waals surface area contributed by atoms with Crippen molar-refractivity contribution in [2.45, 2.75) is 29.7 Å². The van der Waals surface area contributed by atoms with Gasteiger partial charge in [-0.15, -0.1) is 0 Å². The minimum absolute atomic E-state index is 0.153. The molecule has 0 bridgehead atoms. The van der Waals surface area contributed by atoms with Gasteiger partial charge in [0.1, 0.15) is 5.82 Å². The second-order valence-electron chi connectivity index (χ2n) is 4.53. The Morgan fingerprint density at radius 3 is 2.70 bits per heavy atom. The summed E-state index contributed by atoms with van der Waals surface area (Å²) in [5.41, 5.74) is 0.958. The van der Waals surface area contributed by atoms with Gasteiger partial charge in [0.25, 0.3) is 0 Å². The van der Waals surface area contributed by atoms with E-state index in [0.717, 1.165) is 17.0 Å². The van der Waals surface area contributed by atoms with Gasteiger partial charge >= 0.3 is 0 Å². The summed E-state index contributed by atoms with van der Waals surface area (Å²) in [6, 6.07) is 13.0. The lowest BCUT2D eigenvalue weighted by atomic mass is 10.1. The van der Waals surface area contributed by atoms with Crippen LogP contribution in [0.25, 0.3) is 0 Å². The van der Waals surface area contributed by atoms with Gasteiger partial charge in [-0.3, -0.25) is 0 Å². The predicted molar refractivity (Wildman–Crippen MR) is 84.1 cm³/mol. The smallest absolute Gasteiger partial charge is 0.137 e. The zero-order valence-electron chi connectivity index (χ0n) is 11.5. The molecule has 0 aliphatic rings. The molecule has 2 aromatic carbocycles. The second-order valence-corrected chi connectivity index (χ2v) is 6.08. The number of hydrogen-bond acceptors (Lipinski definition) is 2. The van der Waals surface area contributed by atoms with Crippen molar-refractivity contribution >= 4 is 23.4 Å². The van der Waals surface area contributed by atoms with Crippen LogP contribution in [0.2, 0.25) is 5.02 Å². The molecule has 0 saturated carbocycles. The van der Waals surface area contributed by atoms with Gasteiger partial charge < -0.3 is 5.32 Å². The van der Waals surface area contributed by atoms with Gasteiger partial charge in [0, 0.05) is 20.9 Å². The monoisotopic (exact) mass is 309 g/mol. The first kappa shape index (κ1) is 15.4. The minimum atomic E-state index is -0.197. The number of halogens is 2. The fourth-order valence-corrected chi connectivity index (χ4v) is 3.08. The van der Waals surface area contributed by atoms with E-state index in [2.05, 4.69) is 5.32 Å². The number of nitrogens with one attached hydrogen (secondary N) is 1. The van der Waals surface area contributed by atoms with Crippen molar-refractivity contribution in [3.05, 3.63) is 58.9 Å². The van der Waals surface area contributed by atoms with Crippen LogP contribution in [0.1, 0.15) is 25.5 Å². The standard InChI is InChI=1S/C16H17ClFNS/c1-3-19-11(2)12-7-8-16(15(18)9-12)20-14-6-4-5-13(17)10-14/h4-11,19H,3H2,1-2H3. The Morgan fingerprint density at radius 2 is 2.05 bits per heavy atom. The van der Waals surface area contributed by atoms with Gasteiger partial charge in [0.2, 0.25) is 0 Å². The van der Waals surface area contributed by atoms with Crippen LogP contribution in [0.5, 0.6) is 0 Å². The van der Waals surface area contributed by atoms with Gasteiger partial charge in [-0.1, -0.05) is 42.4 Å². The van der Waals surface area contributed by atoms with Gasteiger partial charge in [-0.2, -0.15) is 0 Å². The number of rotatable bonds is 5. The average Bonchev–Trinajstić information content (AvgIpc) is 2.41. The third-order valence-electron chi connectivity index (χ3n) is 2.99. The summed E-state index contributed by atoms with van der Waals surface area (Å²) in [6.07, 6.45) is 0. The second kappa shape index (κ2) is 7.11. The normalized spacial score (nSPS) is 12.4. The molecule has 106 valence electrons. The highest BCUT2D eigenvalue weighted by atomic mass is 35.5. The molecular formula is C16H17ClFNS. The molecular weight excluding hydrogens is 293 g/mol. The van der Waals surface area contributed by atoms with Crippen molar-refractivity contribution in [3.63, 3.8) is 0 Å². The highest BCUT2D eigenvalue weighted by Gasteiger charge is 2.09. The average molecular weight is 310 g/mol. The fraction of sp³-hybridized carbons (Fsp3) is 0.250. The summed E-state index contributed by atoms with van der Waals surface area (Å²) in [6.45, 7) is 4.93. The van der Waals surface area contributed by atoms with Gasteiger partial charge in [-0.25, -0.2) is 4.39 Å². The lowest BCUT2D eigenvalue weighted by molar-refractivity contribution is 0.572. The Morgan fingerprint density at radius 1 is 1.25 bits per heavy atom. The quantitative estimate of drug-likeness (QED) is 0.804. The molecule has 2 aromatic rings. The highest BCUT2D eigenvalue weighted by molar-refractivity contribution is 7.99. The van der Waals surface area contributed by atoms with Crippen LogP contribution >= 0.6 is 23.4 Å². The van der Waals surface area contributed by atoms with Gasteiger partial charge in [0.15, 0.2) is 0 Å². The fourth-order valence-electron chi connectivity index (χ4n) is 1.95. The van der Waals surface area contributed by atoms with Crippen LogP contribution in [0, 0.1) is 5.82 Å². The van der Waals surface area contributed by atoms with E-state index in [-0.39, 0.29) is 11.9 Å². The van der Waals surface area contributed by atoms with Gasteiger partial charge in [-0.05, 0) is 49.4 Å². The molecule has 0 spiro atoms. The van der Waals surface area contributed by atoms with E-state index < -0.39 is 0 Å². The molecule has 2 rings (SSSR count). The third-order valence-corrected chi connectivity index (χ3v) is 4.27. The predicted octanol–water partition coefficient (Wildman–Crippen LogP) is 5.30. The van der Waals surface area contributed by atoms with Gasteiger partial charge in [0.05, 0.1) is 0 Å². The molecule has 20 heavy (non-hydrogen) atoms. The summed E-state index contributed by atoms with van der Waals surface area (Å²) in [5.74, 6) is -0.197. The lowest BCUT2D eigenvalue weighted by Crippen LogP contribution is -2.17. The molecule has 1 unspecified atom stereocenters. The molecule has 1 atom stereocenters. The molecule has 0 heterocycles. The third kappa shape index (κ3) is 3.98. The maximum atomic E-state index is 14.2. The van der Waals surface area contributed by atoms with E-state index in [0.29, 0.717) is 9.92 Å². The Kier molecular flexibility index (Phi) is 5.46. The summed E-state index contributed by atoms with van der Waals surface area (Å²) >= 11 is 7.32. The Balaban J connectivity index is 2.17. The SMILES string of the molecule is CCNC(C)c1ccc(Sc2cccc(Cl)c2)c(F)c1. The molecule has 1 N–H and O–H groups in total. The summed E-state index contributed by atoms with van der Waals surface area (Å²) in [5, 5.41) is 3.93. The van der Waals surface area contributed by atoms with E-state index in [9.17, 15) is 4.39 Å². The maximum Gasteiger partial charge on any atom is 0.137 e. The Labute approximate surface area is 128 Å². The largest absolute Gasteiger partial charge is 0.310 e. The molecule has 4 heteroatoms. The minimum Gasteiger partial charge on any atom is -0.310 e. The first-order valence-electron chi connectivity index (χ1n) is 6.56. The lowest BCUT2D eigenvalue weighted by Gasteiger charge is -2.13. The molecule has 0 aliphatic heterocycles. The summed E-state index contributed by atoms with van der Waals surface area (Å²) in [7, 11) is 0. The highest BCUT2D eigenvalue weighted by Crippen LogP contribution is 2.32. The van der Waals surface area contributed by atoms with Crippen LogP contribution in [-0.2, 0) is 0 Å². The molecule has 0 saturated heterocycles. The first-order chi connectivity index (χ1) is 9.60. The summed E-state index contributed by atoms with van der Waals surface area (Å²) in [4.78, 5) is 1.54. The van der Waals surface area contributed by atoms with Crippen molar-refractivity contribution in [1.82, 2.24) is 5.32 Å². The molecule has 0 aliphatic carbocycles. The van der Waals surface area contributed by atoms with E-state index in [1.807, 2.05) is 50.2 Å². The molecule has 0 aromatic heterocycles. The van der Waals surface area contributed by atoms with Crippen LogP contribution in [0.15, 0.2) is 52.3 Å². The van der Waals surface area contributed by atoms with E-state index >= 15 is 0 Å². The van der Waals surface area contributed by atoms with Crippen molar-refractivity contribution in [3.8, 4) is 0 Å². The van der Waals surface area contributed by atoms with Crippen LogP contribution in [-0.4, -0.2) is 6.54 Å². The van der Waals surface area contributed by atoms with Crippen LogP contribution in [0.4, 0.5) is 4.39 Å². The first-order valence-corrected chi connectivity index (χ1v) is 7.76. The topological polar surface area (TPSA) is 12.0 Å². The number of benzene rings is 2. The Bertz CT molecular complexity index is 588. The Hall–Kier alpha value is -1.03. The van der Waals surface area contributed by atoms with Crippen LogP contribution in [0.3, 0.4) is 0 Å². The van der Waals surface area contributed by atoms with Crippen molar-refractivity contribution in [1.29, 1.82) is 0 Å². The van der Waals surface area contributed by atoms with Crippen molar-refractivity contribution in [2.24, 2.45) is 0 Å². The maximum absolute atomic E-state index is 14.2. The van der Waals surface area contributed by atoms with E-state index in [1.54, 1.807) is 6.07 Å². The van der Waals surface area contributed by atoms with Crippen molar-refractivity contribution in [2.75, 3.05) is 6.54 Å². The zero-order chi connectivity index (χ0) is 14.5. The van der Waals surface area contributed by atoms with E-state index in [1.165, 1.54) is 11.8 Å². The molecule has 0 fully saturated rings. The van der Waals surface area contributed by atoms with E-state index in [4.69, 9.17) is 11.6 Å². The molecule has 0 amide bonds. The number of hydrogen-bond donors (Lipinski definition) is 1. The van der Waals surface area contributed by atoms with Crippen molar-refractivity contribution < 1.29 is 4.39 Å². The molecule has 1 nitrogen and oxygen atoms in total. The zero-order valence-corrected chi connectivity index (χ0v) is 13.1. The summed E-state index contributed by atoms with van der Waals surface area (Å²) < 4.78 is 14.2. The molecule has 0 radical (unpaired) electrons. The van der Waals surface area contributed by atoms with Crippen LogP contribution < -0.4 is 5.32 Å².